The minimum Gasteiger partial charge on any atom is -0.419 e. The van der Waals surface area contributed by atoms with E-state index in [1.165, 1.54) is 6.20 Å². The molecule has 1 aromatic carbocycles. The van der Waals surface area contributed by atoms with Crippen molar-refractivity contribution >= 4 is 29.4 Å². The zero-order valence-corrected chi connectivity index (χ0v) is 18.5. The molecule has 0 amide bonds. The molecule has 0 spiro atoms. The van der Waals surface area contributed by atoms with Crippen LogP contribution in [0.3, 0.4) is 0 Å². The van der Waals surface area contributed by atoms with Gasteiger partial charge in [-0.2, -0.15) is 0 Å². The van der Waals surface area contributed by atoms with Crippen LogP contribution in [0.15, 0.2) is 53.7 Å². The summed E-state index contributed by atoms with van der Waals surface area (Å²) in [7, 11) is 1.87. The number of aromatic nitrogens is 3. The van der Waals surface area contributed by atoms with Gasteiger partial charge in [0, 0.05) is 28.5 Å². The van der Waals surface area contributed by atoms with E-state index in [0.29, 0.717) is 22.2 Å². The van der Waals surface area contributed by atoms with Crippen LogP contribution in [0.25, 0.3) is 11.4 Å². The monoisotopic (exact) mass is 435 g/mol. The van der Waals surface area contributed by atoms with Gasteiger partial charge in [-0.3, -0.25) is 15.8 Å². The van der Waals surface area contributed by atoms with Crippen LogP contribution in [0.4, 0.5) is 5.82 Å². The summed E-state index contributed by atoms with van der Waals surface area (Å²) in [6.07, 6.45) is 3.29. The van der Waals surface area contributed by atoms with E-state index in [2.05, 4.69) is 34.1 Å². The van der Waals surface area contributed by atoms with Crippen molar-refractivity contribution in [2.45, 2.75) is 30.5 Å². The molecule has 0 saturated carbocycles. The molecular weight excluding hydrogens is 410 g/mol. The van der Waals surface area contributed by atoms with E-state index in [1.54, 1.807) is 30.1 Å². The average molecular weight is 436 g/mol. The summed E-state index contributed by atoms with van der Waals surface area (Å²) < 4.78 is 5.40. The molecule has 9 heteroatoms. The fraction of sp³-hybridized carbons (Fsp3) is 0.227. The maximum Gasteiger partial charge on any atom is 0.243 e. The Morgan fingerprint density at radius 1 is 1.03 bits per heavy atom. The van der Waals surface area contributed by atoms with Crippen LogP contribution in [0.2, 0.25) is 0 Å². The second kappa shape index (κ2) is 10.1. The zero-order chi connectivity index (χ0) is 22.4. The molecule has 0 radical (unpaired) electrons. The number of ether oxygens (including phenoxy) is 1. The first-order chi connectivity index (χ1) is 14.9. The smallest absolute Gasteiger partial charge is 0.243 e. The Morgan fingerprint density at radius 3 is 2.39 bits per heavy atom. The third kappa shape index (κ3) is 5.87. The molecule has 5 N–H and O–H groups in total. The van der Waals surface area contributed by atoms with Gasteiger partial charge in [0.05, 0.1) is 11.9 Å². The van der Waals surface area contributed by atoms with Crippen molar-refractivity contribution in [3.63, 3.8) is 0 Å². The summed E-state index contributed by atoms with van der Waals surface area (Å²) >= 11 is 1.72. The number of thioether (sulfide) groups is 1. The number of pyridine rings is 1. The number of nitrogens with zero attached hydrogens (tertiary/aromatic N) is 3. The minimum atomic E-state index is -0.344. The lowest BCUT2D eigenvalue weighted by Crippen LogP contribution is -2.17. The molecule has 2 aromatic heterocycles. The Kier molecular flexibility index (Phi) is 7.32. The van der Waals surface area contributed by atoms with Crippen molar-refractivity contribution < 1.29 is 4.74 Å². The molecule has 0 aliphatic heterocycles. The Bertz CT molecular complexity index is 1070. The molecule has 2 heterocycles. The summed E-state index contributed by atoms with van der Waals surface area (Å²) in [5, 5.41) is 19.9. The fourth-order valence-corrected chi connectivity index (χ4v) is 3.55. The SMILES string of the molecule is CNCc1ccc(C(=N)OC(=N)c2nc(-c3ccc(SC(C)C)cn3)cnc2N)cc1. The van der Waals surface area contributed by atoms with E-state index in [1.807, 2.05) is 31.3 Å². The number of rotatable bonds is 7. The molecule has 0 fully saturated rings. The minimum absolute atomic E-state index is 0.0536. The van der Waals surface area contributed by atoms with Gasteiger partial charge in [0.25, 0.3) is 0 Å². The lowest BCUT2D eigenvalue weighted by molar-refractivity contribution is 0.536. The highest BCUT2D eigenvalue weighted by Crippen LogP contribution is 2.24. The number of benzene rings is 1. The molecule has 0 saturated heterocycles. The predicted molar refractivity (Wildman–Crippen MR) is 125 cm³/mol. The summed E-state index contributed by atoms with van der Waals surface area (Å²) in [6, 6.07) is 11.2. The van der Waals surface area contributed by atoms with Crippen LogP contribution in [-0.2, 0) is 11.3 Å². The second-order valence-corrected chi connectivity index (χ2v) is 8.67. The van der Waals surface area contributed by atoms with Gasteiger partial charge < -0.3 is 15.8 Å². The van der Waals surface area contributed by atoms with Crippen molar-refractivity contribution in [3.05, 3.63) is 65.6 Å². The molecule has 0 bridgehead atoms. The number of nitrogen functional groups attached to an aromatic ring is 1. The van der Waals surface area contributed by atoms with E-state index in [9.17, 15) is 0 Å². The van der Waals surface area contributed by atoms with Crippen molar-refractivity contribution in [3.8, 4) is 11.4 Å². The number of nitrogens with two attached hydrogens (primary N) is 1. The lowest BCUT2D eigenvalue weighted by atomic mass is 10.1. The molecule has 0 atom stereocenters. The third-order valence-electron chi connectivity index (χ3n) is 4.19. The van der Waals surface area contributed by atoms with Gasteiger partial charge in [0.2, 0.25) is 11.8 Å². The Hall–Kier alpha value is -3.30. The summed E-state index contributed by atoms with van der Waals surface area (Å²) in [5.74, 6) is -0.457. The van der Waals surface area contributed by atoms with Gasteiger partial charge in [-0.15, -0.1) is 11.8 Å². The molecule has 3 aromatic rings. The molecule has 0 aliphatic rings. The Balaban J connectivity index is 1.76. The number of hydrogen-bond acceptors (Lipinski definition) is 9. The van der Waals surface area contributed by atoms with Crippen LogP contribution in [0.5, 0.6) is 0 Å². The highest BCUT2D eigenvalue weighted by molar-refractivity contribution is 7.99. The van der Waals surface area contributed by atoms with Crippen molar-refractivity contribution in [1.82, 2.24) is 20.3 Å². The fourth-order valence-electron chi connectivity index (χ4n) is 2.75. The number of nitrogens with one attached hydrogen (secondary N) is 3. The molecule has 160 valence electrons. The molecule has 3 rings (SSSR count). The van der Waals surface area contributed by atoms with E-state index in [-0.39, 0.29) is 23.3 Å². The standard InChI is InChI=1S/C22H25N7OS/c1-13(2)31-16-8-9-17(27-11-16)18-12-28-20(23)19(29-18)22(25)30-21(24)15-6-4-14(5-7-15)10-26-3/h4-9,11-13,24-26H,10H2,1-3H3,(H2,23,28). The largest absolute Gasteiger partial charge is 0.419 e. The average Bonchev–Trinajstić information content (AvgIpc) is 2.75. The summed E-state index contributed by atoms with van der Waals surface area (Å²) in [6.45, 7) is 4.97. The van der Waals surface area contributed by atoms with Crippen molar-refractivity contribution in [2.75, 3.05) is 12.8 Å². The quantitative estimate of drug-likeness (QED) is 0.252. The van der Waals surface area contributed by atoms with Crippen molar-refractivity contribution in [1.29, 1.82) is 10.8 Å². The van der Waals surface area contributed by atoms with Gasteiger partial charge in [-0.05, 0) is 36.9 Å². The van der Waals surface area contributed by atoms with Crippen LogP contribution in [0, 0.1) is 10.8 Å². The molecule has 0 aliphatic carbocycles. The first-order valence-corrected chi connectivity index (χ1v) is 10.6. The number of anilines is 1. The van der Waals surface area contributed by atoms with Crippen LogP contribution < -0.4 is 11.1 Å². The maximum atomic E-state index is 8.25. The van der Waals surface area contributed by atoms with Crippen LogP contribution in [0.1, 0.15) is 30.7 Å². The Labute approximate surface area is 185 Å². The summed E-state index contributed by atoms with van der Waals surface area (Å²) in [5.41, 5.74) is 8.71. The molecule has 8 nitrogen and oxygen atoms in total. The van der Waals surface area contributed by atoms with E-state index >= 15 is 0 Å². The lowest BCUT2D eigenvalue weighted by Gasteiger charge is -2.11. The second-order valence-electron chi connectivity index (χ2n) is 7.02. The first-order valence-electron chi connectivity index (χ1n) is 9.72. The predicted octanol–water partition coefficient (Wildman–Crippen LogP) is 3.71. The van der Waals surface area contributed by atoms with Gasteiger partial charge >= 0.3 is 0 Å². The number of hydrogen-bond donors (Lipinski definition) is 4. The van der Waals surface area contributed by atoms with E-state index < -0.39 is 0 Å². The van der Waals surface area contributed by atoms with Gasteiger partial charge in [-0.1, -0.05) is 26.0 Å². The van der Waals surface area contributed by atoms with Crippen LogP contribution in [-0.4, -0.2) is 39.0 Å². The highest BCUT2D eigenvalue weighted by Gasteiger charge is 2.16. The topological polar surface area (TPSA) is 134 Å². The van der Waals surface area contributed by atoms with E-state index in [0.717, 1.165) is 17.0 Å². The molecule has 0 unspecified atom stereocenters. The first kappa shape index (κ1) is 22.4. The highest BCUT2D eigenvalue weighted by atomic mass is 32.2. The van der Waals surface area contributed by atoms with Gasteiger partial charge in [-0.25, -0.2) is 9.97 Å². The molecular formula is C22H25N7OS. The van der Waals surface area contributed by atoms with E-state index in [4.69, 9.17) is 21.3 Å². The van der Waals surface area contributed by atoms with Crippen LogP contribution >= 0.6 is 11.8 Å². The Morgan fingerprint density at radius 2 is 1.77 bits per heavy atom. The van der Waals surface area contributed by atoms with Gasteiger partial charge in [0.1, 0.15) is 5.69 Å². The zero-order valence-electron chi connectivity index (χ0n) is 17.6. The maximum absolute atomic E-state index is 8.25. The summed E-state index contributed by atoms with van der Waals surface area (Å²) in [4.78, 5) is 14.0. The van der Waals surface area contributed by atoms with Crippen molar-refractivity contribution in [2.24, 2.45) is 0 Å². The molecule has 31 heavy (non-hydrogen) atoms. The van der Waals surface area contributed by atoms with Gasteiger partial charge in [0.15, 0.2) is 11.5 Å². The third-order valence-corrected chi connectivity index (χ3v) is 5.17. The normalized spacial score (nSPS) is 10.8.